The van der Waals surface area contributed by atoms with Gasteiger partial charge in [0.15, 0.2) is 12.0 Å². The van der Waals surface area contributed by atoms with E-state index < -0.39 is 0 Å². The Morgan fingerprint density at radius 2 is 1.64 bits per heavy atom. The van der Waals surface area contributed by atoms with Crippen LogP contribution in [0.4, 0.5) is 0 Å². The maximum absolute atomic E-state index is 12.5. The molecule has 2 aromatic heterocycles. The maximum Gasteiger partial charge on any atom is 0.262 e. The second kappa shape index (κ2) is 5.11. The van der Waals surface area contributed by atoms with Crippen LogP contribution in [0.3, 0.4) is 0 Å². The van der Waals surface area contributed by atoms with E-state index >= 15 is 0 Å². The van der Waals surface area contributed by atoms with E-state index in [0.717, 1.165) is 21.9 Å². The zero-order chi connectivity index (χ0) is 14.9. The number of Topliss-reactive ketones (excluding diaryl/α,β-unsaturated/α-hetero) is 1. The first-order chi connectivity index (χ1) is 10.8. The molecule has 106 valence electrons. The number of benzene rings is 2. The topological polar surface area (TPSA) is 34.1 Å². The summed E-state index contributed by atoms with van der Waals surface area (Å²) < 4.78 is 7.60. The average molecular weight is 288 g/mol. The number of hydrogen-bond donors (Lipinski definition) is 0. The zero-order valence-electron chi connectivity index (χ0n) is 11.9. The van der Waals surface area contributed by atoms with Crippen LogP contribution >= 0.6 is 0 Å². The minimum absolute atomic E-state index is 0.0300. The lowest BCUT2D eigenvalue weighted by atomic mass is 10.2. The number of aromatic nitrogens is 1. The van der Waals surface area contributed by atoms with Crippen LogP contribution in [0.15, 0.2) is 77.3 Å². The summed E-state index contributed by atoms with van der Waals surface area (Å²) in [6.07, 6.45) is 1.92. The zero-order valence-corrected chi connectivity index (χ0v) is 11.9. The number of carbonyl (C=O) groups excluding carboxylic acids is 1. The van der Waals surface area contributed by atoms with Gasteiger partial charge in [0.2, 0.25) is 12.1 Å². The molecule has 3 heteroatoms. The van der Waals surface area contributed by atoms with Crippen LogP contribution in [0.5, 0.6) is 0 Å². The molecule has 0 saturated heterocycles. The number of para-hydroxylation sites is 2. The number of ketones is 1. The van der Waals surface area contributed by atoms with Gasteiger partial charge in [-0.2, -0.15) is 4.57 Å². The predicted octanol–water partition coefficient (Wildman–Crippen LogP) is 3.76. The van der Waals surface area contributed by atoms with E-state index in [9.17, 15) is 4.79 Å². The molecule has 22 heavy (non-hydrogen) atoms. The van der Waals surface area contributed by atoms with Crippen LogP contribution in [-0.4, -0.2) is 5.78 Å². The van der Waals surface area contributed by atoms with Crippen molar-refractivity contribution in [3.63, 3.8) is 0 Å². The highest BCUT2D eigenvalue weighted by Crippen LogP contribution is 2.19. The highest BCUT2D eigenvalue weighted by molar-refractivity contribution is 5.96. The molecule has 3 nitrogen and oxygen atoms in total. The Labute approximate surface area is 127 Å². The first kappa shape index (κ1) is 12.8. The summed E-state index contributed by atoms with van der Waals surface area (Å²) in [6.45, 7) is 0.265. The molecule has 0 fully saturated rings. The quantitative estimate of drug-likeness (QED) is 0.425. The number of carbonyl (C=O) groups is 1. The fourth-order valence-corrected chi connectivity index (χ4v) is 2.71. The minimum Gasteiger partial charge on any atom is -0.453 e. The molecule has 0 aliphatic carbocycles. The Kier molecular flexibility index (Phi) is 2.97. The van der Waals surface area contributed by atoms with Crippen LogP contribution in [0.2, 0.25) is 0 Å². The highest BCUT2D eigenvalue weighted by atomic mass is 16.3. The van der Waals surface area contributed by atoms with Gasteiger partial charge in [0.25, 0.3) is 5.78 Å². The minimum atomic E-state index is -0.0300. The number of hydrogen-bond acceptors (Lipinski definition) is 2. The lowest BCUT2D eigenvalue weighted by Crippen LogP contribution is -2.38. The maximum atomic E-state index is 12.5. The molecule has 0 atom stereocenters. The Morgan fingerprint density at radius 3 is 2.50 bits per heavy atom. The third kappa shape index (κ3) is 2.17. The predicted molar refractivity (Wildman–Crippen MR) is 84.7 cm³/mol. The lowest BCUT2D eigenvalue weighted by molar-refractivity contribution is -0.657. The highest BCUT2D eigenvalue weighted by Gasteiger charge is 2.18. The van der Waals surface area contributed by atoms with Crippen LogP contribution in [-0.2, 0) is 6.54 Å². The van der Waals surface area contributed by atoms with Crippen molar-refractivity contribution in [2.75, 3.05) is 0 Å². The Morgan fingerprint density at radius 1 is 0.909 bits per heavy atom. The summed E-state index contributed by atoms with van der Waals surface area (Å²) in [5.41, 5.74) is 1.78. The van der Waals surface area contributed by atoms with E-state index in [0.29, 0.717) is 5.76 Å². The molecule has 2 aromatic carbocycles. The molecule has 0 amide bonds. The van der Waals surface area contributed by atoms with Crippen molar-refractivity contribution in [1.82, 2.24) is 0 Å². The second-order valence-corrected chi connectivity index (χ2v) is 5.27. The summed E-state index contributed by atoms with van der Waals surface area (Å²) in [4.78, 5) is 12.5. The SMILES string of the molecule is O=C(C[n+]1cccc2ccccc21)c1cc2ccccc2o1. The normalized spacial score (nSPS) is 11.1. The Hall–Kier alpha value is -2.94. The lowest BCUT2D eigenvalue weighted by Gasteiger charge is -1.99. The second-order valence-electron chi connectivity index (χ2n) is 5.27. The molecule has 4 rings (SSSR count). The molecule has 0 unspecified atom stereocenters. The van der Waals surface area contributed by atoms with Crippen LogP contribution in [0, 0.1) is 0 Å². The molecule has 0 spiro atoms. The summed E-state index contributed by atoms with van der Waals surface area (Å²) in [5, 5.41) is 2.07. The van der Waals surface area contributed by atoms with Crippen LogP contribution in [0.25, 0.3) is 21.9 Å². The molecular weight excluding hydrogens is 274 g/mol. The summed E-state index contributed by atoms with van der Waals surface area (Å²) >= 11 is 0. The molecule has 4 aromatic rings. The Bertz CT molecular complexity index is 946. The van der Waals surface area contributed by atoms with E-state index in [1.807, 2.05) is 77.5 Å². The van der Waals surface area contributed by atoms with Crippen molar-refractivity contribution in [3.8, 4) is 0 Å². The van der Waals surface area contributed by atoms with Gasteiger partial charge < -0.3 is 4.42 Å². The Balaban J connectivity index is 1.71. The van der Waals surface area contributed by atoms with Gasteiger partial charge in [-0.1, -0.05) is 30.3 Å². The van der Waals surface area contributed by atoms with E-state index in [2.05, 4.69) is 0 Å². The van der Waals surface area contributed by atoms with Crippen LogP contribution in [0.1, 0.15) is 10.6 Å². The summed E-state index contributed by atoms with van der Waals surface area (Å²) in [6, 6.07) is 21.5. The molecule has 0 bridgehead atoms. The van der Waals surface area contributed by atoms with Crippen molar-refractivity contribution < 1.29 is 13.8 Å². The number of fused-ring (bicyclic) bond motifs is 2. The number of pyridine rings is 1. The van der Waals surface area contributed by atoms with Crippen molar-refractivity contribution in [1.29, 1.82) is 0 Å². The molecule has 0 radical (unpaired) electrons. The van der Waals surface area contributed by atoms with E-state index in [4.69, 9.17) is 4.42 Å². The monoisotopic (exact) mass is 288 g/mol. The van der Waals surface area contributed by atoms with Crippen LogP contribution < -0.4 is 4.57 Å². The van der Waals surface area contributed by atoms with Gasteiger partial charge >= 0.3 is 0 Å². The van der Waals surface area contributed by atoms with E-state index in [1.165, 1.54) is 0 Å². The first-order valence-electron chi connectivity index (χ1n) is 7.20. The van der Waals surface area contributed by atoms with Gasteiger partial charge in [-0.15, -0.1) is 0 Å². The van der Waals surface area contributed by atoms with Crippen molar-refractivity contribution in [3.05, 3.63) is 78.7 Å². The number of furan rings is 1. The number of nitrogens with zero attached hydrogens (tertiary/aromatic N) is 1. The van der Waals surface area contributed by atoms with E-state index in [1.54, 1.807) is 0 Å². The van der Waals surface area contributed by atoms with Gasteiger partial charge in [-0.05, 0) is 24.3 Å². The molecule has 2 heterocycles. The molecule has 0 N–H and O–H groups in total. The van der Waals surface area contributed by atoms with E-state index in [-0.39, 0.29) is 12.3 Å². The average Bonchev–Trinajstić information content (AvgIpc) is 2.99. The van der Waals surface area contributed by atoms with Gasteiger partial charge in [0.1, 0.15) is 5.58 Å². The van der Waals surface area contributed by atoms with Crippen molar-refractivity contribution >= 4 is 27.7 Å². The molecular formula is C19H14NO2+. The van der Waals surface area contributed by atoms with Gasteiger partial charge in [-0.3, -0.25) is 4.79 Å². The number of rotatable bonds is 3. The summed E-state index contributed by atoms with van der Waals surface area (Å²) in [7, 11) is 0. The molecule has 0 aliphatic heterocycles. The fourth-order valence-electron chi connectivity index (χ4n) is 2.71. The fraction of sp³-hybridized carbons (Fsp3) is 0.0526. The molecule has 0 aliphatic rings. The van der Waals surface area contributed by atoms with Gasteiger partial charge in [0, 0.05) is 22.9 Å². The third-order valence-electron chi connectivity index (χ3n) is 3.80. The van der Waals surface area contributed by atoms with Crippen molar-refractivity contribution in [2.24, 2.45) is 0 Å². The van der Waals surface area contributed by atoms with Gasteiger partial charge in [0.05, 0.1) is 0 Å². The smallest absolute Gasteiger partial charge is 0.262 e. The third-order valence-corrected chi connectivity index (χ3v) is 3.80. The van der Waals surface area contributed by atoms with Gasteiger partial charge in [-0.25, -0.2) is 0 Å². The molecule has 0 saturated carbocycles. The first-order valence-corrected chi connectivity index (χ1v) is 7.20. The largest absolute Gasteiger partial charge is 0.453 e. The standard InChI is InChI=1S/C19H14NO2/c21-17(19-12-15-7-2-4-10-18(15)22-19)13-20-11-5-8-14-6-1-3-9-16(14)20/h1-12H,13H2/q+1. The van der Waals surface area contributed by atoms with Crippen molar-refractivity contribution in [2.45, 2.75) is 6.54 Å². The summed E-state index contributed by atoms with van der Waals surface area (Å²) in [5.74, 6) is 0.374.